The van der Waals surface area contributed by atoms with Crippen molar-refractivity contribution >= 4 is 22.8 Å². The van der Waals surface area contributed by atoms with E-state index >= 15 is 0 Å². The van der Waals surface area contributed by atoms with Crippen LogP contribution in [0.1, 0.15) is 48.0 Å². The molecular formula is C25H24ClF2N5O. The van der Waals surface area contributed by atoms with E-state index in [-0.39, 0.29) is 5.56 Å². The van der Waals surface area contributed by atoms with Crippen molar-refractivity contribution in [3.63, 3.8) is 0 Å². The second-order valence-corrected chi connectivity index (χ2v) is 8.51. The molecule has 1 unspecified atom stereocenters. The van der Waals surface area contributed by atoms with E-state index in [9.17, 15) is 8.78 Å². The van der Waals surface area contributed by atoms with E-state index in [1.807, 2.05) is 20.0 Å². The molecule has 0 saturated carbocycles. The molecule has 1 fully saturated rings. The van der Waals surface area contributed by atoms with Crippen LogP contribution in [0.25, 0.3) is 22.4 Å². The molecule has 4 heterocycles. The van der Waals surface area contributed by atoms with E-state index in [0.717, 1.165) is 36.5 Å². The van der Waals surface area contributed by atoms with Crippen molar-refractivity contribution in [3.8, 4) is 11.3 Å². The second kappa shape index (κ2) is 10.4. The van der Waals surface area contributed by atoms with Gasteiger partial charge in [-0.25, -0.2) is 28.7 Å². The fourth-order valence-corrected chi connectivity index (χ4v) is 3.83. The van der Waals surface area contributed by atoms with Crippen molar-refractivity contribution in [2.75, 3.05) is 6.61 Å². The Morgan fingerprint density at radius 1 is 0.941 bits per heavy atom. The fraction of sp³-hybridized carbons (Fsp3) is 0.320. The molecule has 1 aliphatic heterocycles. The molecule has 176 valence electrons. The van der Waals surface area contributed by atoms with Crippen LogP contribution in [0.15, 0.2) is 36.8 Å². The van der Waals surface area contributed by atoms with Gasteiger partial charge in [0, 0.05) is 24.1 Å². The number of aryl methyl sites for hydroxylation is 3. The van der Waals surface area contributed by atoms with Crippen LogP contribution in [-0.4, -0.2) is 31.5 Å². The summed E-state index contributed by atoms with van der Waals surface area (Å²) < 4.78 is 32.9. The predicted molar refractivity (Wildman–Crippen MR) is 126 cm³/mol. The molecule has 34 heavy (non-hydrogen) atoms. The molecule has 0 radical (unpaired) electrons. The van der Waals surface area contributed by atoms with Crippen LogP contribution in [0.4, 0.5) is 8.78 Å². The minimum Gasteiger partial charge on any atom is -0.374 e. The number of aromatic nitrogens is 5. The Labute approximate surface area is 201 Å². The van der Waals surface area contributed by atoms with Gasteiger partial charge in [0.15, 0.2) is 5.65 Å². The quantitative estimate of drug-likeness (QED) is 0.313. The summed E-state index contributed by atoms with van der Waals surface area (Å²) >= 11 is 5.49. The Kier molecular flexibility index (Phi) is 7.38. The van der Waals surface area contributed by atoms with Gasteiger partial charge in [0.05, 0.1) is 17.5 Å². The summed E-state index contributed by atoms with van der Waals surface area (Å²) in [6.07, 6.45) is 7.11. The van der Waals surface area contributed by atoms with Gasteiger partial charge in [-0.1, -0.05) is 11.6 Å². The summed E-state index contributed by atoms with van der Waals surface area (Å²) in [7, 11) is 0. The summed E-state index contributed by atoms with van der Waals surface area (Å²) in [5.41, 5.74) is 5.11. The zero-order chi connectivity index (χ0) is 24.2. The van der Waals surface area contributed by atoms with Gasteiger partial charge >= 0.3 is 0 Å². The maximum atomic E-state index is 13.6. The average Bonchev–Trinajstić information content (AvgIpc) is 2.83. The summed E-state index contributed by atoms with van der Waals surface area (Å²) in [5, 5.41) is -0.546. The highest BCUT2D eigenvalue weighted by atomic mass is 35.5. The molecule has 0 spiro atoms. The van der Waals surface area contributed by atoms with Gasteiger partial charge in [0.1, 0.15) is 34.2 Å². The van der Waals surface area contributed by atoms with Gasteiger partial charge in [-0.2, -0.15) is 0 Å². The number of ether oxygens (including phenoxy) is 1. The first-order chi connectivity index (χ1) is 16.3. The van der Waals surface area contributed by atoms with E-state index in [1.54, 1.807) is 6.92 Å². The highest BCUT2D eigenvalue weighted by molar-refractivity contribution is 6.31. The third-order valence-electron chi connectivity index (χ3n) is 5.61. The fourth-order valence-electron chi connectivity index (χ4n) is 3.72. The first kappa shape index (κ1) is 24.0. The van der Waals surface area contributed by atoms with Crippen LogP contribution in [0.2, 0.25) is 5.02 Å². The minimum atomic E-state index is -0.852. The van der Waals surface area contributed by atoms with E-state index in [2.05, 4.69) is 37.1 Å². The monoisotopic (exact) mass is 483 g/mol. The van der Waals surface area contributed by atoms with Crippen molar-refractivity contribution < 1.29 is 13.5 Å². The summed E-state index contributed by atoms with van der Waals surface area (Å²) in [5.74, 6) is -1.70. The number of pyridine rings is 1. The van der Waals surface area contributed by atoms with E-state index in [1.165, 1.54) is 24.7 Å². The molecule has 6 nitrogen and oxygen atoms in total. The minimum absolute atomic E-state index is 0.236. The molecule has 3 aromatic heterocycles. The molecule has 1 aromatic carbocycles. The molecule has 0 aliphatic carbocycles. The van der Waals surface area contributed by atoms with Gasteiger partial charge in [0.25, 0.3) is 0 Å². The number of fused-ring (bicyclic) bond motifs is 1. The summed E-state index contributed by atoms with van der Waals surface area (Å²) in [6.45, 7) is 6.53. The molecular weight excluding hydrogens is 460 g/mol. The summed E-state index contributed by atoms with van der Waals surface area (Å²) in [4.78, 5) is 20.9. The van der Waals surface area contributed by atoms with Crippen molar-refractivity contribution in [2.24, 2.45) is 0 Å². The number of halogens is 3. The molecule has 0 N–H and O–H groups in total. The maximum absolute atomic E-state index is 13.6. The molecule has 1 saturated heterocycles. The van der Waals surface area contributed by atoms with Crippen LogP contribution < -0.4 is 0 Å². The molecule has 4 aromatic rings. The third-order valence-corrected chi connectivity index (χ3v) is 5.97. The maximum Gasteiger partial charge on any atom is 0.182 e. The number of rotatable bonds is 2. The van der Waals surface area contributed by atoms with Crippen molar-refractivity contribution in [2.45, 2.75) is 46.1 Å². The lowest BCUT2D eigenvalue weighted by atomic mass is 10.0. The molecule has 0 bridgehead atoms. The van der Waals surface area contributed by atoms with Crippen LogP contribution >= 0.6 is 11.6 Å². The normalized spacial score (nSPS) is 15.6. The van der Waals surface area contributed by atoms with Crippen LogP contribution in [0.3, 0.4) is 0 Å². The Bertz CT molecular complexity index is 1310. The van der Waals surface area contributed by atoms with Gasteiger partial charge in [0.2, 0.25) is 0 Å². The molecule has 1 aliphatic rings. The van der Waals surface area contributed by atoms with Gasteiger partial charge in [-0.15, -0.1) is 0 Å². The SMILES string of the molecule is Cc1cc(C2CCCCO2)ccn1.Cc1nc2ncnc(-c3cc(F)c(Cl)c(F)c3)c2nc1C. The highest BCUT2D eigenvalue weighted by Gasteiger charge is 2.16. The van der Waals surface area contributed by atoms with Crippen molar-refractivity contribution in [1.29, 1.82) is 0 Å². The predicted octanol–water partition coefficient (Wildman–Crippen LogP) is 6.27. The topological polar surface area (TPSA) is 73.7 Å². The van der Waals surface area contributed by atoms with Gasteiger partial charge in [-0.05, 0) is 69.9 Å². The largest absolute Gasteiger partial charge is 0.374 e. The lowest BCUT2D eigenvalue weighted by Crippen LogP contribution is -2.11. The molecule has 5 rings (SSSR count). The lowest BCUT2D eigenvalue weighted by Gasteiger charge is -2.22. The first-order valence-corrected chi connectivity index (χ1v) is 11.4. The van der Waals surface area contributed by atoms with Crippen LogP contribution in [-0.2, 0) is 4.74 Å². The molecule has 9 heteroatoms. The standard InChI is InChI=1S/C14H9ClF2N4.C11H15NO/c1-6-7(2)21-14-13(20-6)12(18-5-19-14)8-3-9(16)11(15)10(17)4-8;1-9-8-10(5-6-12-9)11-4-2-3-7-13-11/h3-5H,1-2H3;5-6,8,11H,2-4,7H2,1H3. The molecule has 0 amide bonds. The average molecular weight is 484 g/mol. The van der Waals surface area contributed by atoms with Gasteiger partial charge in [-0.3, -0.25) is 4.98 Å². The van der Waals surface area contributed by atoms with Crippen molar-refractivity contribution in [1.82, 2.24) is 24.9 Å². The Balaban J connectivity index is 0.000000180. The second-order valence-electron chi connectivity index (χ2n) is 8.13. The van der Waals surface area contributed by atoms with E-state index in [4.69, 9.17) is 16.3 Å². The number of hydrogen-bond acceptors (Lipinski definition) is 6. The zero-order valence-corrected chi connectivity index (χ0v) is 19.9. The Hall–Kier alpha value is -3.10. The number of hydrogen-bond donors (Lipinski definition) is 0. The smallest absolute Gasteiger partial charge is 0.182 e. The van der Waals surface area contributed by atoms with Crippen molar-refractivity contribution in [3.05, 3.63) is 76.1 Å². The Morgan fingerprint density at radius 3 is 2.35 bits per heavy atom. The van der Waals surface area contributed by atoms with E-state index in [0.29, 0.717) is 28.7 Å². The van der Waals surface area contributed by atoms with Crippen LogP contribution in [0, 0.1) is 32.4 Å². The number of benzene rings is 1. The van der Waals surface area contributed by atoms with E-state index < -0.39 is 16.7 Å². The third kappa shape index (κ3) is 5.34. The highest BCUT2D eigenvalue weighted by Crippen LogP contribution is 2.29. The van der Waals surface area contributed by atoms with Gasteiger partial charge < -0.3 is 4.74 Å². The summed E-state index contributed by atoms with van der Waals surface area (Å²) in [6, 6.07) is 6.41. The van der Waals surface area contributed by atoms with Crippen LogP contribution in [0.5, 0.6) is 0 Å². The molecule has 1 atom stereocenters. The first-order valence-electron chi connectivity index (χ1n) is 11.0. The number of nitrogens with zero attached hydrogens (tertiary/aromatic N) is 5. The zero-order valence-electron chi connectivity index (χ0n) is 19.1. The Morgan fingerprint density at radius 2 is 1.68 bits per heavy atom. The lowest BCUT2D eigenvalue weighted by molar-refractivity contribution is 0.0149.